The molecule has 0 saturated carbocycles. The van der Waals surface area contributed by atoms with Gasteiger partial charge in [0.2, 0.25) is 21.8 Å². The number of sulfonamides is 1. The Morgan fingerprint density at radius 2 is 1.85 bits per heavy atom. The Morgan fingerprint density at radius 3 is 2.40 bits per heavy atom. The summed E-state index contributed by atoms with van der Waals surface area (Å²) in [5.74, 6) is -0.743. The van der Waals surface area contributed by atoms with Crippen LogP contribution >= 0.6 is 0 Å². The standard InChI is InChI=1S/C12H14N2O5S/c1-8-12(16)13-11(15)7-14(8)20(17,18)10-5-3-9(19-2)4-6-10/h3-6,8H,7H2,1-2H3,(H,13,15,16). The van der Waals surface area contributed by atoms with Gasteiger partial charge in [0.05, 0.1) is 18.6 Å². The number of nitrogens with one attached hydrogen (secondary N) is 1. The van der Waals surface area contributed by atoms with E-state index in [0.29, 0.717) is 5.75 Å². The minimum Gasteiger partial charge on any atom is -0.497 e. The van der Waals surface area contributed by atoms with Crippen LogP contribution < -0.4 is 10.1 Å². The summed E-state index contributed by atoms with van der Waals surface area (Å²) in [6, 6.07) is 4.82. The second-order valence-electron chi connectivity index (χ2n) is 4.31. The van der Waals surface area contributed by atoms with Crippen LogP contribution in [0.25, 0.3) is 0 Å². The van der Waals surface area contributed by atoms with Crippen LogP contribution in [0.5, 0.6) is 5.75 Å². The Labute approximate surface area is 116 Å². The predicted molar refractivity (Wildman–Crippen MR) is 69.5 cm³/mol. The number of hydrogen-bond acceptors (Lipinski definition) is 5. The molecule has 20 heavy (non-hydrogen) atoms. The molecule has 0 aromatic heterocycles. The van der Waals surface area contributed by atoms with Crippen molar-refractivity contribution < 1.29 is 22.7 Å². The van der Waals surface area contributed by atoms with Gasteiger partial charge in [0.1, 0.15) is 11.8 Å². The molecule has 1 aromatic rings. The van der Waals surface area contributed by atoms with Crippen molar-refractivity contribution >= 4 is 21.8 Å². The molecule has 0 aliphatic carbocycles. The van der Waals surface area contributed by atoms with Crippen molar-refractivity contribution in [2.24, 2.45) is 0 Å². The first-order valence-electron chi connectivity index (χ1n) is 5.86. The fourth-order valence-electron chi connectivity index (χ4n) is 1.87. The number of carbonyl (C=O) groups excluding carboxylic acids is 2. The first kappa shape index (κ1) is 14.5. The Hall–Kier alpha value is -1.93. The molecule has 1 heterocycles. The second kappa shape index (κ2) is 5.22. The van der Waals surface area contributed by atoms with Crippen LogP contribution in [0.2, 0.25) is 0 Å². The van der Waals surface area contributed by atoms with Gasteiger partial charge < -0.3 is 4.74 Å². The van der Waals surface area contributed by atoms with Crippen molar-refractivity contribution in [3.05, 3.63) is 24.3 Å². The maximum absolute atomic E-state index is 12.4. The molecular formula is C12H14N2O5S. The zero-order chi connectivity index (χ0) is 14.9. The number of carbonyl (C=O) groups is 2. The van der Waals surface area contributed by atoms with Gasteiger partial charge in [0.25, 0.3) is 0 Å². The molecule has 2 amide bonds. The number of benzene rings is 1. The van der Waals surface area contributed by atoms with Crippen molar-refractivity contribution in [2.75, 3.05) is 13.7 Å². The van der Waals surface area contributed by atoms with Crippen LogP contribution in [0, 0.1) is 0 Å². The topological polar surface area (TPSA) is 92.8 Å². The summed E-state index contributed by atoms with van der Waals surface area (Å²) in [5.41, 5.74) is 0. The summed E-state index contributed by atoms with van der Waals surface area (Å²) < 4.78 is 30.7. The van der Waals surface area contributed by atoms with Crippen LogP contribution in [0.15, 0.2) is 29.2 Å². The summed E-state index contributed by atoms with van der Waals surface area (Å²) in [7, 11) is -2.43. The third-order valence-electron chi connectivity index (χ3n) is 3.04. The molecule has 1 saturated heterocycles. The average molecular weight is 298 g/mol. The van der Waals surface area contributed by atoms with E-state index in [4.69, 9.17) is 4.74 Å². The summed E-state index contributed by atoms with van der Waals surface area (Å²) in [6.07, 6.45) is 0. The van der Waals surface area contributed by atoms with E-state index in [0.717, 1.165) is 4.31 Å². The molecule has 1 unspecified atom stereocenters. The second-order valence-corrected chi connectivity index (χ2v) is 6.20. The summed E-state index contributed by atoms with van der Waals surface area (Å²) in [6.45, 7) is 1.06. The lowest BCUT2D eigenvalue weighted by Crippen LogP contribution is -2.58. The van der Waals surface area contributed by atoms with Gasteiger partial charge in [-0.15, -0.1) is 0 Å². The lowest BCUT2D eigenvalue weighted by molar-refractivity contribution is -0.136. The molecule has 1 aliphatic heterocycles. The fourth-order valence-corrected chi connectivity index (χ4v) is 3.42. The van der Waals surface area contributed by atoms with Crippen LogP contribution in [0.4, 0.5) is 0 Å². The predicted octanol–water partition coefficient (Wildman–Crippen LogP) is -0.269. The van der Waals surface area contributed by atoms with Gasteiger partial charge in [-0.1, -0.05) is 0 Å². The van der Waals surface area contributed by atoms with Gasteiger partial charge >= 0.3 is 0 Å². The minimum absolute atomic E-state index is 0.00708. The van der Waals surface area contributed by atoms with Crippen molar-refractivity contribution in [1.29, 1.82) is 0 Å². The molecule has 1 N–H and O–H groups in total. The Kier molecular flexibility index (Phi) is 3.78. The fraction of sp³-hybridized carbons (Fsp3) is 0.333. The first-order valence-corrected chi connectivity index (χ1v) is 7.30. The molecule has 7 nitrogen and oxygen atoms in total. The number of piperazine rings is 1. The van der Waals surface area contributed by atoms with Crippen molar-refractivity contribution in [2.45, 2.75) is 17.9 Å². The number of amides is 2. The molecule has 1 aromatic carbocycles. The van der Waals surface area contributed by atoms with Crippen LogP contribution in [0.3, 0.4) is 0 Å². The monoisotopic (exact) mass is 298 g/mol. The van der Waals surface area contributed by atoms with E-state index in [9.17, 15) is 18.0 Å². The van der Waals surface area contributed by atoms with E-state index in [2.05, 4.69) is 5.32 Å². The quantitative estimate of drug-likeness (QED) is 0.776. The third-order valence-corrected chi connectivity index (χ3v) is 4.97. The highest BCUT2D eigenvalue weighted by Crippen LogP contribution is 2.22. The molecular weight excluding hydrogens is 284 g/mol. The molecule has 0 spiro atoms. The maximum atomic E-state index is 12.4. The highest BCUT2D eigenvalue weighted by atomic mass is 32.2. The van der Waals surface area contributed by atoms with Gasteiger partial charge in [-0.05, 0) is 31.2 Å². The largest absolute Gasteiger partial charge is 0.497 e. The van der Waals surface area contributed by atoms with Gasteiger partial charge in [-0.2, -0.15) is 4.31 Å². The molecule has 1 atom stereocenters. The van der Waals surface area contributed by atoms with Crippen molar-refractivity contribution in [3.8, 4) is 5.75 Å². The highest BCUT2D eigenvalue weighted by Gasteiger charge is 2.38. The van der Waals surface area contributed by atoms with Crippen LogP contribution in [0.1, 0.15) is 6.92 Å². The maximum Gasteiger partial charge on any atom is 0.244 e. The van der Waals surface area contributed by atoms with Crippen molar-refractivity contribution in [1.82, 2.24) is 9.62 Å². The van der Waals surface area contributed by atoms with E-state index in [1.165, 1.54) is 38.3 Å². The lowest BCUT2D eigenvalue weighted by atomic mass is 10.2. The number of methoxy groups -OCH3 is 1. The number of imide groups is 1. The van der Waals surface area contributed by atoms with Gasteiger partial charge in [0.15, 0.2) is 0 Å². The molecule has 8 heteroatoms. The molecule has 1 aliphatic rings. The number of hydrogen-bond donors (Lipinski definition) is 1. The Balaban J connectivity index is 2.37. The lowest BCUT2D eigenvalue weighted by Gasteiger charge is -2.30. The van der Waals surface area contributed by atoms with E-state index in [1.807, 2.05) is 0 Å². The number of rotatable bonds is 3. The number of ether oxygens (including phenoxy) is 1. The first-order chi connectivity index (χ1) is 9.36. The van der Waals surface area contributed by atoms with Crippen LogP contribution in [-0.2, 0) is 19.6 Å². The summed E-state index contributed by atoms with van der Waals surface area (Å²) in [5, 5.41) is 2.10. The summed E-state index contributed by atoms with van der Waals surface area (Å²) in [4.78, 5) is 22.9. The zero-order valence-corrected chi connectivity index (χ0v) is 11.8. The molecule has 0 radical (unpaired) electrons. The highest BCUT2D eigenvalue weighted by molar-refractivity contribution is 7.89. The molecule has 108 valence electrons. The zero-order valence-electron chi connectivity index (χ0n) is 11.0. The molecule has 0 bridgehead atoms. The molecule has 2 rings (SSSR count). The van der Waals surface area contributed by atoms with Gasteiger partial charge in [-0.3, -0.25) is 14.9 Å². The van der Waals surface area contributed by atoms with E-state index in [1.54, 1.807) is 0 Å². The SMILES string of the molecule is COc1ccc(S(=O)(=O)N2CC(=O)NC(=O)C2C)cc1. The van der Waals surface area contributed by atoms with Crippen LogP contribution in [-0.4, -0.2) is 44.2 Å². The summed E-state index contributed by atoms with van der Waals surface area (Å²) >= 11 is 0. The number of nitrogens with zero attached hydrogens (tertiary/aromatic N) is 1. The van der Waals surface area contributed by atoms with E-state index in [-0.39, 0.29) is 11.4 Å². The van der Waals surface area contributed by atoms with E-state index < -0.39 is 27.9 Å². The van der Waals surface area contributed by atoms with Crippen molar-refractivity contribution in [3.63, 3.8) is 0 Å². The Bertz CT molecular complexity index is 638. The van der Waals surface area contributed by atoms with Gasteiger partial charge in [-0.25, -0.2) is 8.42 Å². The smallest absolute Gasteiger partial charge is 0.244 e. The third kappa shape index (κ3) is 2.52. The Morgan fingerprint density at radius 1 is 1.25 bits per heavy atom. The minimum atomic E-state index is -3.91. The average Bonchev–Trinajstić information content (AvgIpc) is 2.42. The van der Waals surface area contributed by atoms with E-state index >= 15 is 0 Å². The van der Waals surface area contributed by atoms with Gasteiger partial charge in [0, 0.05) is 0 Å². The normalized spacial score (nSPS) is 20.6. The molecule has 1 fully saturated rings.